The molecule has 1 atom stereocenters. The molecule has 1 saturated heterocycles. The number of esters is 1. The van der Waals surface area contributed by atoms with Crippen molar-refractivity contribution >= 4 is 11.9 Å². The SMILES string of the molecule is CCOC(=O)[C@H]1CCCCN1C(=O)COc1ccc(C#N)cc1F. The molecule has 1 fully saturated rings. The molecule has 1 amide bonds. The van der Waals surface area contributed by atoms with Gasteiger partial charge in [0, 0.05) is 6.54 Å². The van der Waals surface area contributed by atoms with Crippen LogP contribution in [0.25, 0.3) is 0 Å². The van der Waals surface area contributed by atoms with Gasteiger partial charge in [0.05, 0.1) is 18.2 Å². The molecule has 7 heteroatoms. The second-order valence-electron chi connectivity index (χ2n) is 5.40. The van der Waals surface area contributed by atoms with Gasteiger partial charge in [0.1, 0.15) is 6.04 Å². The van der Waals surface area contributed by atoms with Crippen LogP contribution in [-0.4, -0.2) is 42.6 Å². The van der Waals surface area contributed by atoms with Crippen LogP contribution in [-0.2, 0) is 14.3 Å². The number of likely N-dealkylation sites (tertiary alicyclic amines) is 1. The molecule has 0 spiro atoms. The van der Waals surface area contributed by atoms with Crippen molar-refractivity contribution in [1.29, 1.82) is 5.26 Å². The average Bonchev–Trinajstić information content (AvgIpc) is 2.60. The van der Waals surface area contributed by atoms with Gasteiger partial charge in [-0.2, -0.15) is 5.26 Å². The summed E-state index contributed by atoms with van der Waals surface area (Å²) in [6, 6.07) is 4.97. The molecule has 1 aliphatic heterocycles. The van der Waals surface area contributed by atoms with Crippen molar-refractivity contribution in [2.24, 2.45) is 0 Å². The summed E-state index contributed by atoms with van der Waals surface area (Å²) < 4.78 is 24.0. The summed E-state index contributed by atoms with van der Waals surface area (Å²) in [5.74, 6) is -1.62. The first-order valence-corrected chi connectivity index (χ1v) is 7.85. The smallest absolute Gasteiger partial charge is 0.328 e. The van der Waals surface area contributed by atoms with Gasteiger partial charge in [0.25, 0.3) is 5.91 Å². The fraction of sp³-hybridized carbons (Fsp3) is 0.471. The predicted octanol–water partition coefficient (Wildman–Crippen LogP) is 2.02. The highest BCUT2D eigenvalue weighted by Gasteiger charge is 2.33. The maximum Gasteiger partial charge on any atom is 0.328 e. The number of benzene rings is 1. The summed E-state index contributed by atoms with van der Waals surface area (Å²) in [5.41, 5.74) is 0.171. The summed E-state index contributed by atoms with van der Waals surface area (Å²) in [7, 11) is 0. The number of halogens is 1. The van der Waals surface area contributed by atoms with Crippen molar-refractivity contribution in [1.82, 2.24) is 4.90 Å². The van der Waals surface area contributed by atoms with Gasteiger partial charge in [0.2, 0.25) is 0 Å². The summed E-state index contributed by atoms with van der Waals surface area (Å²) in [6.45, 7) is 2.04. The normalized spacial score (nSPS) is 17.0. The molecule has 0 saturated carbocycles. The van der Waals surface area contributed by atoms with Crippen LogP contribution >= 0.6 is 0 Å². The van der Waals surface area contributed by atoms with Crippen LogP contribution in [0, 0.1) is 17.1 Å². The molecule has 6 nitrogen and oxygen atoms in total. The summed E-state index contributed by atoms with van der Waals surface area (Å²) >= 11 is 0. The molecule has 1 aromatic carbocycles. The minimum Gasteiger partial charge on any atom is -0.481 e. The zero-order valence-electron chi connectivity index (χ0n) is 13.5. The molecule has 1 heterocycles. The molecular formula is C17H19FN2O4. The van der Waals surface area contributed by atoms with E-state index in [1.165, 1.54) is 17.0 Å². The van der Waals surface area contributed by atoms with E-state index in [1.54, 1.807) is 6.92 Å². The Morgan fingerprint density at radius 2 is 2.21 bits per heavy atom. The number of nitriles is 1. The Morgan fingerprint density at radius 3 is 2.88 bits per heavy atom. The van der Waals surface area contributed by atoms with Crippen LogP contribution in [0.4, 0.5) is 4.39 Å². The van der Waals surface area contributed by atoms with E-state index in [1.807, 2.05) is 6.07 Å². The molecule has 0 unspecified atom stereocenters. The number of carbonyl (C=O) groups is 2. The van der Waals surface area contributed by atoms with Gasteiger partial charge in [-0.1, -0.05) is 0 Å². The van der Waals surface area contributed by atoms with Crippen molar-refractivity contribution in [2.45, 2.75) is 32.2 Å². The number of nitrogens with zero attached hydrogens (tertiary/aromatic N) is 2. The lowest BCUT2D eigenvalue weighted by atomic mass is 10.0. The Hall–Kier alpha value is -2.62. The summed E-state index contributed by atoms with van der Waals surface area (Å²) in [6.07, 6.45) is 2.20. The molecule has 1 aliphatic rings. The molecule has 0 aliphatic carbocycles. The minimum atomic E-state index is -0.706. The van der Waals surface area contributed by atoms with Gasteiger partial charge >= 0.3 is 5.97 Å². The minimum absolute atomic E-state index is 0.105. The number of rotatable bonds is 5. The van der Waals surface area contributed by atoms with Crippen LogP contribution < -0.4 is 4.74 Å². The zero-order chi connectivity index (χ0) is 17.5. The lowest BCUT2D eigenvalue weighted by Crippen LogP contribution is -2.50. The maximum absolute atomic E-state index is 13.8. The number of carbonyl (C=O) groups excluding carboxylic acids is 2. The quantitative estimate of drug-likeness (QED) is 0.770. The van der Waals surface area contributed by atoms with Crippen LogP contribution in [0.15, 0.2) is 18.2 Å². The van der Waals surface area contributed by atoms with Crippen molar-refractivity contribution in [3.8, 4) is 11.8 Å². The second kappa shape index (κ2) is 8.29. The van der Waals surface area contributed by atoms with Gasteiger partial charge in [0.15, 0.2) is 18.2 Å². The number of ether oxygens (including phenoxy) is 2. The highest BCUT2D eigenvalue weighted by molar-refractivity contribution is 5.85. The van der Waals surface area contributed by atoms with E-state index in [0.29, 0.717) is 13.0 Å². The Bertz CT molecular complexity index is 656. The highest BCUT2D eigenvalue weighted by Crippen LogP contribution is 2.21. The summed E-state index contributed by atoms with van der Waals surface area (Å²) in [4.78, 5) is 25.7. The van der Waals surface area contributed by atoms with Crippen molar-refractivity contribution in [3.05, 3.63) is 29.6 Å². The number of hydrogen-bond acceptors (Lipinski definition) is 5. The average molecular weight is 334 g/mol. The van der Waals surface area contributed by atoms with Crippen LogP contribution in [0.3, 0.4) is 0 Å². The molecule has 128 valence electrons. The lowest BCUT2D eigenvalue weighted by molar-refractivity contribution is -0.157. The molecule has 1 aromatic rings. The highest BCUT2D eigenvalue weighted by atomic mass is 19.1. The third kappa shape index (κ3) is 4.22. The van der Waals surface area contributed by atoms with Crippen molar-refractivity contribution < 1.29 is 23.5 Å². The van der Waals surface area contributed by atoms with E-state index in [0.717, 1.165) is 18.9 Å². The zero-order valence-corrected chi connectivity index (χ0v) is 13.5. The molecule has 24 heavy (non-hydrogen) atoms. The van der Waals surface area contributed by atoms with E-state index >= 15 is 0 Å². The number of piperidine rings is 1. The monoisotopic (exact) mass is 334 g/mol. The topological polar surface area (TPSA) is 79.6 Å². The third-order valence-electron chi connectivity index (χ3n) is 3.79. The van der Waals surface area contributed by atoms with E-state index in [4.69, 9.17) is 14.7 Å². The Kier molecular flexibility index (Phi) is 6.13. The largest absolute Gasteiger partial charge is 0.481 e. The van der Waals surface area contributed by atoms with Crippen molar-refractivity contribution in [3.63, 3.8) is 0 Å². The second-order valence-corrected chi connectivity index (χ2v) is 5.40. The first-order valence-electron chi connectivity index (χ1n) is 7.85. The van der Waals surface area contributed by atoms with E-state index in [-0.39, 0.29) is 24.5 Å². The van der Waals surface area contributed by atoms with Gasteiger partial charge in [-0.3, -0.25) is 4.79 Å². The van der Waals surface area contributed by atoms with Gasteiger partial charge in [-0.15, -0.1) is 0 Å². The fourth-order valence-electron chi connectivity index (χ4n) is 2.62. The summed E-state index contributed by atoms with van der Waals surface area (Å²) in [5, 5.41) is 8.70. The first kappa shape index (κ1) is 17.7. The van der Waals surface area contributed by atoms with Crippen LogP contribution in [0.1, 0.15) is 31.7 Å². The Labute approximate surface area is 139 Å². The van der Waals surface area contributed by atoms with Crippen LogP contribution in [0.5, 0.6) is 5.75 Å². The molecule has 2 rings (SSSR count). The number of amides is 1. The molecule has 0 bridgehead atoms. The number of hydrogen-bond donors (Lipinski definition) is 0. The molecule has 0 N–H and O–H groups in total. The molecule has 0 radical (unpaired) electrons. The Morgan fingerprint density at radius 1 is 1.42 bits per heavy atom. The molecule has 0 aromatic heterocycles. The van der Waals surface area contributed by atoms with E-state index in [9.17, 15) is 14.0 Å². The van der Waals surface area contributed by atoms with Crippen LogP contribution in [0.2, 0.25) is 0 Å². The van der Waals surface area contributed by atoms with Gasteiger partial charge in [-0.25, -0.2) is 9.18 Å². The van der Waals surface area contributed by atoms with Gasteiger partial charge < -0.3 is 14.4 Å². The van der Waals surface area contributed by atoms with E-state index in [2.05, 4.69) is 0 Å². The Balaban J connectivity index is 2.00. The van der Waals surface area contributed by atoms with E-state index < -0.39 is 23.7 Å². The maximum atomic E-state index is 13.8. The first-order chi connectivity index (χ1) is 11.6. The van der Waals surface area contributed by atoms with Crippen molar-refractivity contribution in [2.75, 3.05) is 19.8 Å². The lowest BCUT2D eigenvalue weighted by Gasteiger charge is -2.33. The standard InChI is InChI=1S/C17H19FN2O4/c1-2-23-17(22)14-5-3-4-8-20(14)16(21)11-24-15-7-6-12(10-19)9-13(15)18/h6-7,9,14H,2-5,8,11H2,1H3/t14-/m1/s1. The fourth-order valence-corrected chi connectivity index (χ4v) is 2.62. The molecular weight excluding hydrogens is 315 g/mol. The van der Waals surface area contributed by atoms with Gasteiger partial charge in [-0.05, 0) is 44.4 Å². The predicted molar refractivity (Wildman–Crippen MR) is 82.6 cm³/mol. The third-order valence-corrected chi connectivity index (χ3v) is 3.79.